The third-order valence-corrected chi connectivity index (χ3v) is 5.95. The molecule has 0 saturated heterocycles. The molecular formula is C21H28N4O5S. The van der Waals surface area contributed by atoms with Crippen LogP contribution in [0.3, 0.4) is 0 Å². The summed E-state index contributed by atoms with van der Waals surface area (Å²) < 4.78 is 16.0. The molecule has 31 heavy (non-hydrogen) atoms. The van der Waals surface area contributed by atoms with Crippen LogP contribution in [-0.2, 0) is 16.0 Å². The third-order valence-electron chi connectivity index (χ3n) is 5.31. The number of H-pyrrole nitrogens is 1. The number of rotatable bonds is 8. The first-order valence-corrected chi connectivity index (χ1v) is 11.3. The highest BCUT2D eigenvalue weighted by atomic mass is 32.2. The topological polar surface area (TPSA) is 106 Å². The Kier molecular flexibility index (Phi) is 7.67. The molecule has 0 bridgehead atoms. The maximum absolute atomic E-state index is 13.4. The number of benzene rings is 1. The lowest BCUT2D eigenvalue weighted by molar-refractivity contribution is -0.142. The normalized spacial score (nSPS) is 16.3. The summed E-state index contributed by atoms with van der Waals surface area (Å²) >= 11 is 1.60. The van der Waals surface area contributed by atoms with E-state index < -0.39 is 18.1 Å². The number of fused-ring (bicyclic) bond motifs is 1. The SMILES string of the molecule is COC(=O)C(CCSC)NC(=O)N1CCc2[nH]cnc2C1c1cccc(OC)c1OC. The first-order valence-electron chi connectivity index (χ1n) is 9.92. The molecule has 10 heteroatoms. The van der Waals surface area contributed by atoms with Gasteiger partial charge in [-0.2, -0.15) is 11.8 Å². The lowest BCUT2D eigenvalue weighted by atomic mass is 9.94. The standard InChI is InChI=1S/C21H28N4O5S/c1-28-16-7-5-6-13(19(16)29-2)18-17-14(22-12-23-17)8-10-25(18)21(27)24-15(9-11-31-4)20(26)30-3/h5-7,12,15,18H,8-11H2,1-4H3,(H,22,23)(H,24,27). The highest BCUT2D eigenvalue weighted by molar-refractivity contribution is 7.98. The van der Waals surface area contributed by atoms with Crippen molar-refractivity contribution in [1.29, 1.82) is 0 Å². The number of imidazole rings is 1. The van der Waals surface area contributed by atoms with Crippen molar-refractivity contribution in [3.05, 3.63) is 41.5 Å². The minimum Gasteiger partial charge on any atom is -0.493 e. The summed E-state index contributed by atoms with van der Waals surface area (Å²) in [7, 11) is 4.46. The maximum Gasteiger partial charge on any atom is 0.328 e. The monoisotopic (exact) mass is 448 g/mol. The van der Waals surface area contributed by atoms with E-state index in [2.05, 4.69) is 15.3 Å². The molecule has 2 amide bonds. The van der Waals surface area contributed by atoms with Crippen LogP contribution < -0.4 is 14.8 Å². The van der Waals surface area contributed by atoms with E-state index in [0.717, 1.165) is 22.7 Å². The van der Waals surface area contributed by atoms with Crippen LogP contribution in [0.5, 0.6) is 11.5 Å². The average Bonchev–Trinajstić information content (AvgIpc) is 3.28. The minimum absolute atomic E-state index is 0.361. The Morgan fingerprint density at radius 1 is 1.32 bits per heavy atom. The van der Waals surface area contributed by atoms with Gasteiger partial charge in [0, 0.05) is 24.2 Å². The Morgan fingerprint density at radius 2 is 2.13 bits per heavy atom. The summed E-state index contributed by atoms with van der Waals surface area (Å²) in [4.78, 5) is 34.9. The number of urea groups is 1. The van der Waals surface area contributed by atoms with Gasteiger partial charge in [-0.05, 0) is 24.5 Å². The summed E-state index contributed by atoms with van der Waals surface area (Å²) in [6.07, 6.45) is 4.68. The van der Waals surface area contributed by atoms with Gasteiger partial charge in [0.2, 0.25) is 0 Å². The van der Waals surface area contributed by atoms with Gasteiger partial charge in [0.15, 0.2) is 11.5 Å². The third kappa shape index (κ3) is 4.73. The number of carbonyl (C=O) groups excluding carboxylic acids is 2. The number of hydrogen-bond acceptors (Lipinski definition) is 7. The fourth-order valence-corrected chi connectivity index (χ4v) is 4.27. The second kappa shape index (κ2) is 10.4. The molecule has 168 valence electrons. The van der Waals surface area contributed by atoms with Crippen molar-refractivity contribution in [1.82, 2.24) is 20.2 Å². The number of nitrogens with zero attached hydrogens (tertiary/aromatic N) is 2. The number of methoxy groups -OCH3 is 3. The maximum atomic E-state index is 13.4. The number of thioether (sulfide) groups is 1. The molecule has 2 atom stereocenters. The molecule has 1 aromatic carbocycles. The number of para-hydroxylation sites is 1. The average molecular weight is 449 g/mol. The molecule has 0 fully saturated rings. The number of aromatic amines is 1. The predicted octanol–water partition coefficient (Wildman–Crippen LogP) is 2.38. The summed E-state index contributed by atoms with van der Waals surface area (Å²) in [6, 6.07) is 3.96. The van der Waals surface area contributed by atoms with Crippen LogP contribution in [0.1, 0.15) is 29.4 Å². The molecule has 1 aliphatic heterocycles. The molecule has 2 unspecified atom stereocenters. The second-order valence-corrected chi connectivity index (χ2v) is 7.99. The van der Waals surface area contributed by atoms with E-state index in [9.17, 15) is 9.59 Å². The van der Waals surface area contributed by atoms with Crippen LogP contribution in [-0.4, -0.2) is 72.8 Å². The molecule has 9 nitrogen and oxygen atoms in total. The predicted molar refractivity (Wildman–Crippen MR) is 118 cm³/mol. The van der Waals surface area contributed by atoms with Crippen LogP contribution >= 0.6 is 11.8 Å². The van der Waals surface area contributed by atoms with Gasteiger partial charge >= 0.3 is 12.0 Å². The van der Waals surface area contributed by atoms with Crippen LogP contribution in [0.25, 0.3) is 0 Å². The zero-order valence-corrected chi connectivity index (χ0v) is 19.0. The summed E-state index contributed by atoms with van der Waals surface area (Å²) in [5.74, 6) is 1.36. The van der Waals surface area contributed by atoms with Gasteiger partial charge in [0.1, 0.15) is 12.1 Å². The molecule has 0 radical (unpaired) electrons. The zero-order chi connectivity index (χ0) is 22.4. The largest absolute Gasteiger partial charge is 0.493 e. The Bertz CT molecular complexity index is 919. The zero-order valence-electron chi connectivity index (χ0n) is 18.1. The molecule has 2 heterocycles. The van der Waals surface area contributed by atoms with Crippen molar-refractivity contribution < 1.29 is 23.8 Å². The van der Waals surface area contributed by atoms with Gasteiger partial charge in [-0.3, -0.25) is 0 Å². The number of carbonyl (C=O) groups is 2. The van der Waals surface area contributed by atoms with Crippen LogP contribution in [0.15, 0.2) is 24.5 Å². The highest BCUT2D eigenvalue weighted by Gasteiger charge is 2.37. The van der Waals surface area contributed by atoms with E-state index in [1.165, 1.54) is 7.11 Å². The lowest BCUT2D eigenvalue weighted by Gasteiger charge is -2.36. The Hall–Kier alpha value is -2.88. The molecule has 2 aromatic rings. The number of hydrogen-bond donors (Lipinski definition) is 2. The van der Waals surface area contributed by atoms with Crippen molar-refractivity contribution in [3.8, 4) is 11.5 Å². The molecule has 0 aliphatic carbocycles. The lowest BCUT2D eigenvalue weighted by Crippen LogP contribution is -2.51. The van der Waals surface area contributed by atoms with Gasteiger partial charge in [-0.25, -0.2) is 14.6 Å². The molecule has 0 saturated carbocycles. The summed E-state index contributed by atoms with van der Waals surface area (Å²) in [5, 5.41) is 2.85. The first kappa shape index (κ1) is 22.8. The first-order chi connectivity index (χ1) is 15.0. The minimum atomic E-state index is -0.724. The fourth-order valence-electron chi connectivity index (χ4n) is 3.80. The van der Waals surface area contributed by atoms with Crippen molar-refractivity contribution >= 4 is 23.8 Å². The Balaban J connectivity index is 1.98. The smallest absolute Gasteiger partial charge is 0.328 e. The highest BCUT2D eigenvalue weighted by Crippen LogP contribution is 2.42. The quantitative estimate of drug-likeness (QED) is 0.597. The summed E-state index contributed by atoms with van der Waals surface area (Å²) in [6.45, 7) is 0.447. The van der Waals surface area contributed by atoms with Crippen LogP contribution in [0.2, 0.25) is 0 Å². The molecular weight excluding hydrogens is 420 g/mol. The van der Waals surface area contributed by atoms with E-state index >= 15 is 0 Å². The van der Waals surface area contributed by atoms with E-state index in [0.29, 0.717) is 30.9 Å². The van der Waals surface area contributed by atoms with Gasteiger partial charge in [0.25, 0.3) is 0 Å². The second-order valence-electron chi connectivity index (χ2n) is 7.00. The molecule has 2 N–H and O–H groups in total. The molecule has 0 spiro atoms. The van der Waals surface area contributed by atoms with Gasteiger partial charge in [-0.1, -0.05) is 12.1 Å². The fraction of sp³-hybridized carbons (Fsp3) is 0.476. The van der Waals surface area contributed by atoms with E-state index in [-0.39, 0.29) is 6.03 Å². The number of esters is 1. The van der Waals surface area contributed by atoms with E-state index in [1.54, 1.807) is 43.3 Å². The Labute approximate surface area is 185 Å². The Morgan fingerprint density at radius 3 is 2.81 bits per heavy atom. The van der Waals surface area contributed by atoms with Crippen molar-refractivity contribution in [2.75, 3.05) is 39.9 Å². The molecule has 1 aliphatic rings. The van der Waals surface area contributed by atoms with Crippen LogP contribution in [0, 0.1) is 0 Å². The number of ether oxygens (including phenoxy) is 3. The molecule has 1 aromatic heterocycles. The number of nitrogens with one attached hydrogen (secondary N) is 2. The van der Waals surface area contributed by atoms with Gasteiger partial charge in [-0.15, -0.1) is 0 Å². The van der Waals surface area contributed by atoms with E-state index in [1.807, 2.05) is 18.4 Å². The molecule has 3 rings (SSSR count). The van der Waals surface area contributed by atoms with Crippen molar-refractivity contribution in [2.45, 2.75) is 24.9 Å². The number of aromatic nitrogens is 2. The van der Waals surface area contributed by atoms with Crippen LogP contribution in [0.4, 0.5) is 4.79 Å². The number of amides is 2. The summed E-state index contributed by atoms with van der Waals surface area (Å²) in [5.41, 5.74) is 2.46. The van der Waals surface area contributed by atoms with Gasteiger partial charge in [0.05, 0.1) is 33.4 Å². The van der Waals surface area contributed by atoms with Gasteiger partial charge < -0.3 is 29.4 Å². The van der Waals surface area contributed by atoms with Crippen molar-refractivity contribution in [2.24, 2.45) is 0 Å². The van der Waals surface area contributed by atoms with Crippen molar-refractivity contribution in [3.63, 3.8) is 0 Å². The van der Waals surface area contributed by atoms with E-state index in [4.69, 9.17) is 14.2 Å².